The summed E-state index contributed by atoms with van der Waals surface area (Å²) in [4.78, 5) is 18.3. The number of benzene rings is 1. The second kappa shape index (κ2) is 9.42. The topological polar surface area (TPSA) is 64.1 Å². The van der Waals surface area contributed by atoms with E-state index in [1.807, 2.05) is 49.6 Å². The largest absolute Gasteiger partial charge is 0.497 e. The van der Waals surface area contributed by atoms with E-state index in [0.29, 0.717) is 6.42 Å². The third-order valence-corrected chi connectivity index (χ3v) is 4.22. The summed E-state index contributed by atoms with van der Waals surface area (Å²) in [6.45, 7) is 0. The lowest BCUT2D eigenvalue weighted by atomic mass is 10.2. The third-order valence-electron chi connectivity index (χ3n) is 3.16. The van der Waals surface area contributed by atoms with Crippen molar-refractivity contribution in [1.29, 1.82) is 0 Å². The first-order valence-corrected chi connectivity index (χ1v) is 8.19. The highest BCUT2D eigenvalue weighted by molar-refractivity contribution is 7.18. The van der Waals surface area contributed by atoms with Crippen molar-refractivity contribution >= 4 is 22.6 Å². The SMILES string of the molecule is CNc1cnc(-c2ccncc2)s1.COc1ccc(CC=O)cc1. The van der Waals surface area contributed by atoms with Crippen molar-refractivity contribution in [3.05, 3.63) is 60.6 Å². The Morgan fingerprint density at radius 3 is 2.42 bits per heavy atom. The summed E-state index contributed by atoms with van der Waals surface area (Å²) in [5.74, 6) is 0.819. The zero-order chi connectivity index (χ0) is 17.2. The van der Waals surface area contributed by atoms with Crippen LogP contribution in [0.5, 0.6) is 5.75 Å². The highest BCUT2D eigenvalue weighted by atomic mass is 32.1. The highest BCUT2D eigenvalue weighted by Crippen LogP contribution is 2.27. The number of pyridine rings is 1. The number of ether oxygens (including phenoxy) is 1. The Hall–Kier alpha value is -2.73. The van der Waals surface area contributed by atoms with E-state index in [9.17, 15) is 4.79 Å². The van der Waals surface area contributed by atoms with Gasteiger partial charge in [0.1, 0.15) is 22.0 Å². The van der Waals surface area contributed by atoms with Crippen LogP contribution in [0.25, 0.3) is 10.6 Å². The van der Waals surface area contributed by atoms with E-state index in [4.69, 9.17) is 4.74 Å². The number of nitrogens with zero attached hydrogens (tertiary/aromatic N) is 2. The molecule has 0 fully saturated rings. The van der Waals surface area contributed by atoms with E-state index in [1.54, 1.807) is 30.8 Å². The fourth-order valence-electron chi connectivity index (χ4n) is 1.88. The van der Waals surface area contributed by atoms with Gasteiger partial charge >= 0.3 is 0 Å². The number of nitrogens with one attached hydrogen (secondary N) is 1. The minimum Gasteiger partial charge on any atom is -0.497 e. The lowest BCUT2D eigenvalue weighted by Gasteiger charge is -1.98. The van der Waals surface area contributed by atoms with Gasteiger partial charge < -0.3 is 14.8 Å². The maximum Gasteiger partial charge on any atom is 0.125 e. The van der Waals surface area contributed by atoms with Gasteiger partial charge in [-0.3, -0.25) is 4.98 Å². The fourth-order valence-corrected chi connectivity index (χ4v) is 2.65. The fraction of sp³-hybridized carbons (Fsp3) is 0.167. The molecule has 2 heterocycles. The average molecular weight is 341 g/mol. The van der Waals surface area contributed by atoms with Gasteiger partial charge in [-0.05, 0) is 29.8 Å². The van der Waals surface area contributed by atoms with Gasteiger partial charge in [-0.2, -0.15) is 0 Å². The minimum absolute atomic E-state index is 0.476. The molecule has 3 aromatic rings. The Morgan fingerprint density at radius 2 is 1.88 bits per heavy atom. The van der Waals surface area contributed by atoms with Crippen LogP contribution in [0.2, 0.25) is 0 Å². The molecule has 0 spiro atoms. The van der Waals surface area contributed by atoms with Crippen LogP contribution in [-0.2, 0) is 11.2 Å². The molecule has 0 unspecified atom stereocenters. The monoisotopic (exact) mass is 341 g/mol. The summed E-state index contributed by atoms with van der Waals surface area (Å²) in [6, 6.07) is 11.4. The Morgan fingerprint density at radius 1 is 1.17 bits per heavy atom. The molecule has 0 amide bonds. The van der Waals surface area contributed by atoms with Gasteiger partial charge in [0.25, 0.3) is 0 Å². The molecule has 3 rings (SSSR count). The van der Waals surface area contributed by atoms with Gasteiger partial charge in [0.05, 0.1) is 13.3 Å². The van der Waals surface area contributed by atoms with Crippen LogP contribution < -0.4 is 10.1 Å². The quantitative estimate of drug-likeness (QED) is 0.717. The summed E-state index contributed by atoms with van der Waals surface area (Å²) < 4.78 is 4.96. The van der Waals surface area contributed by atoms with Crippen molar-refractivity contribution < 1.29 is 9.53 Å². The van der Waals surface area contributed by atoms with Crippen molar-refractivity contribution in [3.8, 4) is 16.3 Å². The number of aromatic nitrogens is 2. The molecule has 1 aromatic carbocycles. The molecule has 5 nitrogen and oxygen atoms in total. The third kappa shape index (κ3) is 5.17. The van der Waals surface area contributed by atoms with Gasteiger partial charge in [-0.25, -0.2) is 4.98 Å². The van der Waals surface area contributed by atoms with Gasteiger partial charge in [0, 0.05) is 31.4 Å². The molecular formula is C18H19N3O2S. The molecule has 24 heavy (non-hydrogen) atoms. The number of aldehydes is 1. The molecule has 0 aliphatic heterocycles. The van der Waals surface area contributed by atoms with Gasteiger partial charge in [-0.1, -0.05) is 23.5 Å². The lowest BCUT2D eigenvalue weighted by Crippen LogP contribution is -1.86. The van der Waals surface area contributed by atoms with E-state index in [1.165, 1.54) is 0 Å². The Labute approximate surface area is 145 Å². The maximum absolute atomic E-state index is 10.1. The molecule has 0 radical (unpaired) electrons. The number of anilines is 1. The highest BCUT2D eigenvalue weighted by Gasteiger charge is 2.01. The number of carbonyl (C=O) groups is 1. The van der Waals surface area contributed by atoms with E-state index < -0.39 is 0 Å². The van der Waals surface area contributed by atoms with Gasteiger partial charge in [0.2, 0.25) is 0 Å². The van der Waals surface area contributed by atoms with Crippen LogP contribution >= 0.6 is 11.3 Å². The van der Waals surface area contributed by atoms with Crippen LogP contribution in [0.3, 0.4) is 0 Å². The second-order valence-electron chi connectivity index (χ2n) is 4.73. The second-order valence-corrected chi connectivity index (χ2v) is 5.77. The predicted molar refractivity (Wildman–Crippen MR) is 97.7 cm³/mol. The molecule has 2 aromatic heterocycles. The molecule has 124 valence electrons. The Balaban J connectivity index is 0.000000177. The molecule has 0 saturated carbocycles. The van der Waals surface area contributed by atoms with Crippen molar-refractivity contribution in [2.75, 3.05) is 19.5 Å². The molecule has 6 heteroatoms. The number of thiazole rings is 1. The minimum atomic E-state index is 0.476. The van der Waals surface area contributed by atoms with Crippen molar-refractivity contribution in [2.45, 2.75) is 6.42 Å². The van der Waals surface area contributed by atoms with Crippen LogP contribution in [0, 0.1) is 0 Å². The van der Waals surface area contributed by atoms with Crippen molar-refractivity contribution in [1.82, 2.24) is 9.97 Å². The van der Waals surface area contributed by atoms with Gasteiger partial charge in [-0.15, -0.1) is 0 Å². The number of hydrogen-bond donors (Lipinski definition) is 1. The molecule has 0 bridgehead atoms. The molecule has 0 aliphatic rings. The van der Waals surface area contributed by atoms with E-state index in [0.717, 1.165) is 33.2 Å². The first-order chi connectivity index (χ1) is 11.8. The molecule has 0 atom stereocenters. The lowest BCUT2D eigenvalue weighted by molar-refractivity contribution is -0.107. The molecule has 0 saturated heterocycles. The van der Waals surface area contributed by atoms with E-state index in [-0.39, 0.29) is 0 Å². The van der Waals surface area contributed by atoms with Crippen molar-refractivity contribution in [2.24, 2.45) is 0 Å². The Bertz CT molecular complexity index is 742. The van der Waals surface area contributed by atoms with Crippen LogP contribution in [-0.4, -0.2) is 30.4 Å². The molecule has 0 aliphatic carbocycles. The van der Waals surface area contributed by atoms with Crippen LogP contribution in [0.1, 0.15) is 5.56 Å². The smallest absolute Gasteiger partial charge is 0.125 e. The summed E-state index contributed by atoms with van der Waals surface area (Å²) in [5.41, 5.74) is 2.13. The number of hydrogen-bond acceptors (Lipinski definition) is 6. The number of carbonyl (C=O) groups excluding carboxylic acids is 1. The normalized spacial score (nSPS) is 9.58. The van der Waals surface area contributed by atoms with Crippen molar-refractivity contribution in [3.63, 3.8) is 0 Å². The average Bonchev–Trinajstić information content (AvgIpc) is 3.13. The standard InChI is InChI=1S/C9H9N3S.C9H10O2/c1-10-8-6-12-9(13-8)7-2-4-11-5-3-7;1-11-9-4-2-8(3-5-9)6-7-10/h2-6,10H,1H3;2-5,7H,6H2,1H3. The maximum atomic E-state index is 10.1. The molecular weight excluding hydrogens is 322 g/mol. The zero-order valence-electron chi connectivity index (χ0n) is 13.6. The van der Waals surface area contributed by atoms with Crippen LogP contribution in [0.4, 0.5) is 5.00 Å². The summed E-state index contributed by atoms with van der Waals surface area (Å²) >= 11 is 1.64. The predicted octanol–water partition coefficient (Wildman–Crippen LogP) is 3.68. The van der Waals surface area contributed by atoms with Crippen LogP contribution in [0.15, 0.2) is 55.0 Å². The molecule has 1 N–H and O–H groups in total. The first kappa shape index (κ1) is 17.6. The summed E-state index contributed by atoms with van der Waals surface area (Å²) in [6.07, 6.45) is 6.75. The van der Waals surface area contributed by atoms with E-state index >= 15 is 0 Å². The number of rotatable bonds is 5. The summed E-state index contributed by atoms with van der Waals surface area (Å²) in [5, 5.41) is 5.15. The Kier molecular flexibility index (Phi) is 6.91. The number of methoxy groups -OCH3 is 1. The summed E-state index contributed by atoms with van der Waals surface area (Å²) in [7, 11) is 3.51. The zero-order valence-corrected chi connectivity index (χ0v) is 14.4. The first-order valence-electron chi connectivity index (χ1n) is 7.37. The van der Waals surface area contributed by atoms with E-state index in [2.05, 4.69) is 15.3 Å². The van der Waals surface area contributed by atoms with Gasteiger partial charge in [0.15, 0.2) is 0 Å².